The van der Waals surface area contributed by atoms with Crippen molar-refractivity contribution in [3.63, 3.8) is 0 Å². The minimum absolute atomic E-state index is 0.364. The largest absolute Gasteiger partial charge is 0.465 e. The molecule has 0 bridgehead atoms. The van der Waals surface area contributed by atoms with Gasteiger partial charge in [-0.2, -0.15) is 5.26 Å². The first-order valence-corrected chi connectivity index (χ1v) is 9.30. The van der Waals surface area contributed by atoms with Gasteiger partial charge in [0.25, 0.3) is 0 Å². The van der Waals surface area contributed by atoms with Gasteiger partial charge in [0.2, 0.25) is 0 Å². The lowest BCUT2D eigenvalue weighted by Crippen LogP contribution is -2.01. The van der Waals surface area contributed by atoms with Crippen LogP contribution in [0.2, 0.25) is 10.0 Å². The number of esters is 1. The first-order chi connectivity index (χ1) is 13.0. The van der Waals surface area contributed by atoms with E-state index < -0.39 is 0 Å². The van der Waals surface area contributed by atoms with Crippen molar-refractivity contribution < 1.29 is 9.53 Å². The van der Waals surface area contributed by atoms with Crippen molar-refractivity contribution in [1.29, 1.82) is 5.26 Å². The number of nitrogens with zero attached hydrogens (tertiary/aromatic N) is 2. The predicted octanol–water partition coefficient (Wildman–Crippen LogP) is 5.43. The molecule has 0 aliphatic rings. The fraction of sp³-hybridized carbons (Fsp3) is 0.238. The third-order valence-electron chi connectivity index (χ3n) is 4.52. The zero-order valence-electron chi connectivity index (χ0n) is 14.8. The van der Waals surface area contributed by atoms with Gasteiger partial charge in [-0.15, -0.1) is 0 Å². The normalized spacial score (nSPS) is 10.7. The summed E-state index contributed by atoms with van der Waals surface area (Å²) >= 11 is 12.1. The molecule has 6 heteroatoms. The summed E-state index contributed by atoms with van der Waals surface area (Å²) in [4.78, 5) is 11.9. The lowest BCUT2D eigenvalue weighted by Gasteiger charge is -2.04. The zero-order chi connectivity index (χ0) is 19.4. The predicted molar refractivity (Wildman–Crippen MR) is 107 cm³/mol. The Bertz CT molecular complexity index is 1030. The summed E-state index contributed by atoms with van der Waals surface area (Å²) < 4.78 is 6.89. The van der Waals surface area contributed by atoms with E-state index in [0.29, 0.717) is 28.6 Å². The van der Waals surface area contributed by atoms with Gasteiger partial charge in [-0.1, -0.05) is 29.3 Å². The molecule has 0 aliphatic heterocycles. The van der Waals surface area contributed by atoms with E-state index in [-0.39, 0.29) is 5.97 Å². The summed E-state index contributed by atoms with van der Waals surface area (Å²) in [5.74, 6) is -0.364. The van der Waals surface area contributed by atoms with E-state index in [9.17, 15) is 4.79 Å². The van der Waals surface area contributed by atoms with E-state index >= 15 is 0 Å². The van der Waals surface area contributed by atoms with Crippen LogP contribution >= 0.6 is 23.2 Å². The molecule has 0 unspecified atom stereocenters. The standard InChI is InChI=1S/C21H18Cl2N2O2/c1-27-21(26)15-6-8-20-17(12-15)16(13-25(20)10-2-9-24)5-3-14-4-7-18(22)19(23)11-14/h4,6-8,11-13H,2-3,5,10H2,1H3. The minimum atomic E-state index is -0.364. The second kappa shape index (κ2) is 8.47. The maximum atomic E-state index is 11.9. The molecule has 3 rings (SSSR count). The van der Waals surface area contributed by atoms with Crippen molar-refractivity contribution in [2.45, 2.75) is 25.8 Å². The number of nitriles is 1. The molecule has 2 aromatic carbocycles. The van der Waals surface area contributed by atoms with Crippen LogP contribution in [0.15, 0.2) is 42.6 Å². The highest BCUT2D eigenvalue weighted by atomic mass is 35.5. The number of methoxy groups -OCH3 is 1. The molecule has 0 amide bonds. The van der Waals surface area contributed by atoms with Gasteiger partial charge in [0.1, 0.15) is 0 Å². The molecule has 0 saturated heterocycles. The highest BCUT2D eigenvalue weighted by Crippen LogP contribution is 2.27. The number of halogens is 2. The Balaban J connectivity index is 1.95. The third kappa shape index (κ3) is 4.27. The number of aryl methyl sites for hydroxylation is 3. The van der Waals surface area contributed by atoms with Crippen molar-refractivity contribution in [3.8, 4) is 6.07 Å². The zero-order valence-corrected chi connectivity index (χ0v) is 16.3. The highest BCUT2D eigenvalue weighted by Gasteiger charge is 2.13. The number of benzene rings is 2. The molecule has 0 atom stereocenters. The van der Waals surface area contributed by atoms with Crippen LogP contribution in [0.3, 0.4) is 0 Å². The molecule has 0 saturated carbocycles. The molecule has 27 heavy (non-hydrogen) atoms. The van der Waals surface area contributed by atoms with E-state index in [1.165, 1.54) is 7.11 Å². The number of aromatic nitrogens is 1. The molecule has 0 radical (unpaired) electrons. The average Bonchev–Trinajstić information content (AvgIpc) is 3.03. The van der Waals surface area contributed by atoms with Gasteiger partial charge in [-0.3, -0.25) is 0 Å². The number of fused-ring (bicyclic) bond motifs is 1. The second-order valence-corrected chi connectivity index (χ2v) is 7.04. The number of ether oxygens (including phenoxy) is 1. The molecule has 0 spiro atoms. The number of hydrogen-bond acceptors (Lipinski definition) is 3. The van der Waals surface area contributed by atoms with Gasteiger partial charge in [-0.25, -0.2) is 4.79 Å². The Kier molecular flexibility index (Phi) is 6.05. The van der Waals surface area contributed by atoms with Crippen LogP contribution in [-0.4, -0.2) is 17.6 Å². The Morgan fingerprint density at radius 2 is 1.96 bits per heavy atom. The van der Waals surface area contributed by atoms with E-state index in [1.807, 2.05) is 24.3 Å². The molecule has 0 aliphatic carbocycles. The number of rotatable bonds is 6. The van der Waals surface area contributed by atoms with Crippen LogP contribution in [0.5, 0.6) is 0 Å². The minimum Gasteiger partial charge on any atom is -0.465 e. The molecule has 0 fully saturated rings. The molecule has 1 aromatic heterocycles. The van der Waals surface area contributed by atoms with Crippen LogP contribution in [0.4, 0.5) is 0 Å². The van der Waals surface area contributed by atoms with E-state index in [4.69, 9.17) is 33.2 Å². The highest BCUT2D eigenvalue weighted by molar-refractivity contribution is 6.42. The SMILES string of the molecule is COC(=O)c1ccc2c(c1)c(CCc1ccc(Cl)c(Cl)c1)cn2CCC#N. The van der Waals surface area contributed by atoms with Gasteiger partial charge in [0.15, 0.2) is 0 Å². The topological polar surface area (TPSA) is 55.0 Å². The summed E-state index contributed by atoms with van der Waals surface area (Å²) in [6.45, 7) is 0.608. The first-order valence-electron chi connectivity index (χ1n) is 8.54. The lowest BCUT2D eigenvalue weighted by atomic mass is 10.0. The Morgan fingerprint density at radius 3 is 2.67 bits per heavy atom. The van der Waals surface area contributed by atoms with Gasteiger partial charge in [-0.05, 0) is 54.3 Å². The number of carbonyl (C=O) groups excluding carboxylic acids is 1. The average molecular weight is 401 g/mol. The van der Waals surface area contributed by atoms with Crippen LogP contribution in [-0.2, 0) is 24.1 Å². The number of hydrogen-bond donors (Lipinski definition) is 0. The van der Waals surface area contributed by atoms with E-state index in [0.717, 1.165) is 34.9 Å². The van der Waals surface area contributed by atoms with Crippen LogP contribution in [0.1, 0.15) is 27.9 Å². The molecule has 3 aromatic rings. The Morgan fingerprint density at radius 1 is 1.15 bits per heavy atom. The molecule has 4 nitrogen and oxygen atoms in total. The molecule has 138 valence electrons. The summed E-state index contributed by atoms with van der Waals surface area (Å²) in [5.41, 5.74) is 3.71. The number of carbonyl (C=O) groups is 1. The molecule has 1 heterocycles. The van der Waals surface area contributed by atoms with E-state index in [2.05, 4.69) is 16.8 Å². The quantitative estimate of drug-likeness (QED) is 0.518. The van der Waals surface area contributed by atoms with Gasteiger partial charge in [0.05, 0.1) is 35.2 Å². The van der Waals surface area contributed by atoms with Crippen molar-refractivity contribution in [2.24, 2.45) is 0 Å². The maximum Gasteiger partial charge on any atom is 0.337 e. The summed E-state index contributed by atoms with van der Waals surface area (Å²) in [6.07, 6.45) is 4.05. The smallest absolute Gasteiger partial charge is 0.337 e. The fourth-order valence-corrected chi connectivity index (χ4v) is 3.47. The summed E-state index contributed by atoms with van der Waals surface area (Å²) in [7, 11) is 1.37. The van der Waals surface area contributed by atoms with Gasteiger partial charge >= 0.3 is 5.97 Å². The lowest BCUT2D eigenvalue weighted by molar-refractivity contribution is 0.0601. The van der Waals surface area contributed by atoms with Crippen LogP contribution in [0.25, 0.3) is 10.9 Å². The van der Waals surface area contributed by atoms with Crippen molar-refractivity contribution in [2.75, 3.05) is 7.11 Å². The molecular formula is C21H18Cl2N2O2. The Hall–Kier alpha value is -2.48. The maximum absolute atomic E-state index is 11.9. The van der Waals surface area contributed by atoms with E-state index in [1.54, 1.807) is 12.1 Å². The monoisotopic (exact) mass is 400 g/mol. The van der Waals surface area contributed by atoms with Gasteiger partial charge in [0, 0.05) is 23.6 Å². The first kappa shape index (κ1) is 19.3. The third-order valence-corrected chi connectivity index (χ3v) is 5.26. The van der Waals surface area contributed by atoms with Crippen LogP contribution < -0.4 is 0 Å². The van der Waals surface area contributed by atoms with Crippen molar-refractivity contribution >= 4 is 40.1 Å². The van der Waals surface area contributed by atoms with Crippen molar-refractivity contribution in [1.82, 2.24) is 4.57 Å². The molecule has 0 N–H and O–H groups in total. The summed E-state index contributed by atoms with van der Waals surface area (Å²) in [5, 5.41) is 11.0. The second-order valence-electron chi connectivity index (χ2n) is 6.23. The van der Waals surface area contributed by atoms with Gasteiger partial charge < -0.3 is 9.30 Å². The summed E-state index contributed by atoms with van der Waals surface area (Å²) in [6, 6.07) is 13.3. The molecular weight excluding hydrogens is 383 g/mol. The van der Waals surface area contributed by atoms with Crippen LogP contribution in [0, 0.1) is 11.3 Å². The van der Waals surface area contributed by atoms with Crippen molar-refractivity contribution in [3.05, 3.63) is 69.3 Å². The Labute approximate surface area is 167 Å². The fourth-order valence-electron chi connectivity index (χ4n) is 3.14.